The average Bonchev–Trinajstić information content (AvgIpc) is 3.77. The van der Waals surface area contributed by atoms with Crippen LogP contribution in [0.3, 0.4) is 0 Å². The molecule has 9 heteroatoms. The smallest absolute Gasteiger partial charge is 0.252 e. The molecule has 1 spiro atoms. The number of aromatic nitrogens is 1. The van der Waals surface area contributed by atoms with Crippen molar-refractivity contribution in [2.24, 2.45) is 5.92 Å². The summed E-state index contributed by atoms with van der Waals surface area (Å²) in [5, 5.41) is 13.2. The minimum Gasteiger partial charge on any atom is -0.508 e. The van der Waals surface area contributed by atoms with Crippen molar-refractivity contribution in [2.75, 3.05) is 62.3 Å². The first kappa shape index (κ1) is 32.1. The summed E-state index contributed by atoms with van der Waals surface area (Å²) in [6.45, 7) is 8.05. The summed E-state index contributed by atoms with van der Waals surface area (Å²) in [6, 6.07) is 25.7. The van der Waals surface area contributed by atoms with E-state index in [9.17, 15) is 9.90 Å². The number of amides is 1. The number of rotatable bonds is 5. The molecular weight excluding hydrogens is 651 g/mol. The minimum atomic E-state index is -0.0259. The van der Waals surface area contributed by atoms with Gasteiger partial charge in [-0.1, -0.05) is 42.5 Å². The van der Waals surface area contributed by atoms with E-state index in [4.69, 9.17) is 14.5 Å². The zero-order valence-corrected chi connectivity index (χ0v) is 29.7. The van der Waals surface area contributed by atoms with Crippen molar-refractivity contribution in [1.82, 2.24) is 15.2 Å². The SMILES string of the molecule is O=C1NCc2c1ccc1c2OCC2CN(CC3COC4(CCN(c5ccc(C6c7ccc(O)cc7CCC6c6ccccc6)cn5)CC4)C3)CCN12. The molecule has 268 valence electrons. The number of fused-ring (bicyclic) bond motifs is 6. The number of phenolic OH excluding ortho intramolecular Hbond substituents is 1. The molecule has 9 nitrogen and oxygen atoms in total. The summed E-state index contributed by atoms with van der Waals surface area (Å²) in [4.78, 5) is 24.8. The second kappa shape index (κ2) is 12.8. The lowest BCUT2D eigenvalue weighted by atomic mass is 9.69. The Hall–Kier alpha value is -4.60. The molecule has 3 fully saturated rings. The van der Waals surface area contributed by atoms with E-state index in [2.05, 4.69) is 80.8 Å². The number of piperazine rings is 1. The van der Waals surface area contributed by atoms with E-state index in [-0.39, 0.29) is 17.4 Å². The van der Waals surface area contributed by atoms with Crippen LogP contribution in [0.15, 0.2) is 79.0 Å². The molecule has 0 radical (unpaired) electrons. The van der Waals surface area contributed by atoms with Crippen molar-refractivity contribution in [1.29, 1.82) is 0 Å². The molecular formula is C43H47N5O4. The van der Waals surface area contributed by atoms with Crippen LogP contribution in [0, 0.1) is 5.92 Å². The number of piperidine rings is 1. The topological polar surface area (TPSA) is 90.4 Å². The van der Waals surface area contributed by atoms with Crippen LogP contribution < -0.4 is 19.9 Å². The van der Waals surface area contributed by atoms with Crippen LogP contribution in [0.25, 0.3) is 0 Å². The summed E-state index contributed by atoms with van der Waals surface area (Å²) >= 11 is 0. The van der Waals surface area contributed by atoms with Gasteiger partial charge in [0.05, 0.1) is 23.9 Å². The van der Waals surface area contributed by atoms with E-state index in [0.717, 1.165) is 106 Å². The molecule has 1 aromatic heterocycles. The fraction of sp³-hybridized carbons (Fsp3) is 0.442. The van der Waals surface area contributed by atoms with Gasteiger partial charge < -0.3 is 29.7 Å². The van der Waals surface area contributed by atoms with Gasteiger partial charge in [0.25, 0.3) is 5.91 Å². The van der Waals surface area contributed by atoms with Crippen molar-refractivity contribution < 1.29 is 19.4 Å². The third kappa shape index (κ3) is 5.60. The highest BCUT2D eigenvalue weighted by Crippen LogP contribution is 2.47. The maximum absolute atomic E-state index is 12.2. The Kier molecular flexibility index (Phi) is 7.90. The van der Waals surface area contributed by atoms with Crippen LogP contribution in [0.2, 0.25) is 0 Å². The first-order valence-corrected chi connectivity index (χ1v) is 19.3. The summed E-state index contributed by atoms with van der Waals surface area (Å²) < 4.78 is 13.0. The molecule has 3 aromatic carbocycles. The number of ether oxygens (including phenoxy) is 2. The molecule has 2 N–H and O–H groups in total. The molecule has 0 saturated carbocycles. The van der Waals surface area contributed by atoms with Crippen molar-refractivity contribution in [2.45, 2.75) is 62.1 Å². The van der Waals surface area contributed by atoms with E-state index < -0.39 is 0 Å². The van der Waals surface area contributed by atoms with Gasteiger partial charge >= 0.3 is 0 Å². The fourth-order valence-electron chi connectivity index (χ4n) is 10.3. The first-order chi connectivity index (χ1) is 25.5. The van der Waals surface area contributed by atoms with Gasteiger partial charge in [-0.15, -0.1) is 0 Å². The third-order valence-corrected chi connectivity index (χ3v) is 13.0. The number of carbonyl (C=O) groups is 1. The Morgan fingerprint density at radius 2 is 1.83 bits per heavy atom. The number of aromatic hydroxyl groups is 1. The summed E-state index contributed by atoms with van der Waals surface area (Å²) in [5.74, 6) is 3.42. The number of pyridine rings is 1. The van der Waals surface area contributed by atoms with E-state index in [1.54, 1.807) is 0 Å². The van der Waals surface area contributed by atoms with Gasteiger partial charge in [-0.3, -0.25) is 9.69 Å². The Bertz CT molecular complexity index is 1980. The van der Waals surface area contributed by atoms with E-state index >= 15 is 0 Å². The highest BCUT2D eigenvalue weighted by molar-refractivity contribution is 6.00. The number of carbonyl (C=O) groups excluding carboxylic acids is 1. The molecule has 1 aliphatic carbocycles. The van der Waals surface area contributed by atoms with E-state index in [1.807, 2.05) is 18.2 Å². The van der Waals surface area contributed by atoms with Crippen LogP contribution in [0.5, 0.6) is 11.5 Å². The number of aryl methyl sites for hydroxylation is 1. The lowest BCUT2D eigenvalue weighted by Crippen LogP contribution is -2.58. The van der Waals surface area contributed by atoms with E-state index in [1.165, 1.54) is 22.3 Å². The number of hydrogen-bond donors (Lipinski definition) is 2. The van der Waals surface area contributed by atoms with Gasteiger partial charge in [-0.05, 0) is 96.5 Å². The standard InChI is InChI=1S/C43H47N5O4/c49-33-8-10-35-30(20-33)6-9-34(29-4-2-1-3-5-29)40(35)31-7-13-39(44-22-31)47-16-14-43(15-17-47)21-28(26-52-43)24-46-18-19-48-32(25-46)27-51-41-37-23-45-42(50)36(37)11-12-38(41)48/h1-5,7-8,10-13,20,22,28,32,34,40,49H,6,9,14-19,21,23-27H2,(H,45,50). The Morgan fingerprint density at radius 1 is 0.942 bits per heavy atom. The Balaban J connectivity index is 0.764. The Morgan fingerprint density at radius 3 is 2.67 bits per heavy atom. The molecule has 6 aliphatic rings. The molecule has 0 bridgehead atoms. The molecule has 6 heterocycles. The molecule has 52 heavy (non-hydrogen) atoms. The van der Waals surface area contributed by atoms with Gasteiger partial charge in [0.2, 0.25) is 0 Å². The molecule has 10 rings (SSSR count). The molecule has 4 atom stereocenters. The lowest BCUT2D eigenvalue weighted by Gasteiger charge is -2.46. The largest absolute Gasteiger partial charge is 0.508 e. The van der Waals surface area contributed by atoms with Crippen LogP contribution in [0.4, 0.5) is 11.5 Å². The van der Waals surface area contributed by atoms with Crippen molar-refractivity contribution in [3.05, 3.63) is 112 Å². The molecule has 1 amide bonds. The minimum absolute atomic E-state index is 0.00336. The zero-order chi connectivity index (χ0) is 34.8. The summed E-state index contributed by atoms with van der Waals surface area (Å²) in [6.07, 6.45) is 7.31. The zero-order valence-electron chi connectivity index (χ0n) is 29.7. The Labute approximate surface area is 305 Å². The van der Waals surface area contributed by atoms with Crippen LogP contribution in [0.1, 0.15) is 75.7 Å². The quantitative estimate of drug-likeness (QED) is 0.269. The number of nitrogens with one attached hydrogen (secondary N) is 1. The predicted molar refractivity (Wildman–Crippen MR) is 201 cm³/mol. The van der Waals surface area contributed by atoms with Crippen LogP contribution in [-0.4, -0.2) is 85.0 Å². The maximum atomic E-state index is 12.2. The normalized spacial score (nSPS) is 26.3. The van der Waals surface area contributed by atoms with Gasteiger partial charge in [0.15, 0.2) is 0 Å². The predicted octanol–water partition coefficient (Wildman–Crippen LogP) is 5.85. The van der Waals surface area contributed by atoms with Gasteiger partial charge in [-0.25, -0.2) is 4.98 Å². The third-order valence-electron chi connectivity index (χ3n) is 13.0. The van der Waals surface area contributed by atoms with Gasteiger partial charge in [0.1, 0.15) is 23.9 Å². The molecule has 4 aromatic rings. The molecule has 3 saturated heterocycles. The number of benzene rings is 3. The van der Waals surface area contributed by atoms with Gasteiger partial charge in [-0.2, -0.15) is 0 Å². The van der Waals surface area contributed by atoms with Crippen LogP contribution >= 0.6 is 0 Å². The lowest BCUT2D eigenvalue weighted by molar-refractivity contribution is -0.0156. The van der Waals surface area contributed by atoms with Crippen molar-refractivity contribution in [3.8, 4) is 11.5 Å². The maximum Gasteiger partial charge on any atom is 0.252 e. The highest BCUT2D eigenvalue weighted by Gasteiger charge is 2.44. The monoisotopic (exact) mass is 697 g/mol. The van der Waals surface area contributed by atoms with Crippen molar-refractivity contribution in [3.63, 3.8) is 0 Å². The second-order valence-electron chi connectivity index (χ2n) is 16.0. The summed E-state index contributed by atoms with van der Waals surface area (Å²) in [5.41, 5.74) is 8.04. The fourth-order valence-corrected chi connectivity index (χ4v) is 10.3. The van der Waals surface area contributed by atoms with E-state index in [0.29, 0.717) is 36.8 Å². The number of phenols is 1. The van der Waals surface area contributed by atoms with Crippen LogP contribution in [-0.2, 0) is 17.7 Å². The van der Waals surface area contributed by atoms with Crippen molar-refractivity contribution >= 4 is 17.4 Å². The van der Waals surface area contributed by atoms with Gasteiger partial charge in [0, 0.05) is 69.1 Å². The average molecular weight is 698 g/mol. The second-order valence-corrected chi connectivity index (χ2v) is 16.0. The molecule has 4 unspecified atom stereocenters. The first-order valence-electron chi connectivity index (χ1n) is 19.3. The number of nitrogens with zero attached hydrogens (tertiary/aromatic N) is 4. The molecule has 5 aliphatic heterocycles. The number of hydrogen-bond acceptors (Lipinski definition) is 8. The highest BCUT2D eigenvalue weighted by atomic mass is 16.5. The number of anilines is 2. The summed E-state index contributed by atoms with van der Waals surface area (Å²) in [7, 11) is 0.